The molecule has 0 radical (unpaired) electrons. The first-order valence-corrected chi connectivity index (χ1v) is 8.39. The maximum Gasteiger partial charge on any atom is 0.257 e. The van der Waals surface area contributed by atoms with E-state index in [4.69, 9.17) is 4.74 Å². The highest BCUT2D eigenvalue weighted by atomic mass is 16.5. The van der Waals surface area contributed by atoms with Crippen LogP contribution in [0.15, 0.2) is 71.7 Å². The second kappa shape index (κ2) is 7.70. The number of hydrogen-bond donors (Lipinski definition) is 2. The van der Waals surface area contributed by atoms with Crippen LogP contribution in [0.1, 0.15) is 24.2 Å². The highest BCUT2D eigenvalue weighted by Gasteiger charge is 2.11. The maximum atomic E-state index is 12.5. The van der Waals surface area contributed by atoms with Crippen LogP contribution in [0.5, 0.6) is 5.75 Å². The molecule has 5 heteroatoms. The van der Waals surface area contributed by atoms with Crippen LogP contribution in [-0.2, 0) is 0 Å². The molecule has 0 aliphatic heterocycles. The fourth-order valence-corrected chi connectivity index (χ4v) is 2.54. The summed E-state index contributed by atoms with van der Waals surface area (Å²) in [5.41, 5.74) is 2.02. The first-order valence-electron chi connectivity index (χ1n) is 8.39. The van der Waals surface area contributed by atoms with Crippen molar-refractivity contribution in [2.75, 3.05) is 5.32 Å². The van der Waals surface area contributed by atoms with Crippen molar-refractivity contribution in [2.24, 2.45) is 0 Å². The zero-order valence-corrected chi connectivity index (χ0v) is 14.7. The molecule has 3 aromatic rings. The zero-order valence-electron chi connectivity index (χ0n) is 14.7. The van der Waals surface area contributed by atoms with E-state index in [9.17, 15) is 9.59 Å². The van der Waals surface area contributed by atoms with Crippen LogP contribution >= 0.6 is 0 Å². The van der Waals surface area contributed by atoms with Gasteiger partial charge in [-0.05, 0) is 49.7 Å². The quantitative estimate of drug-likeness (QED) is 0.730. The Morgan fingerprint density at radius 1 is 1.04 bits per heavy atom. The van der Waals surface area contributed by atoms with Crippen molar-refractivity contribution in [3.8, 4) is 16.9 Å². The Bertz CT molecular complexity index is 945. The van der Waals surface area contributed by atoms with Gasteiger partial charge < -0.3 is 15.0 Å². The van der Waals surface area contributed by atoms with Crippen LogP contribution in [0.3, 0.4) is 0 Å². The zero-order chi connectivity index (χ0) is 18.5. The third-order valence-electron chi connectivity index (χ3n) is 3.73. The Morgan fingerprint density at radius 2 is 1.73 bits per heavy atom. The second-order valence-electron chi connectivity index (χ2n) is 6.14. The molecule has 0 atom stereocenters. The van der Waals surface area contributed by atoms with Gasteiger partial charge in [-0.1, -0.05) is 30.3 Å². The summed E-state index contributed by atoms with van der Waals surface area (Å²) in [4.78, 5) is 27.2. The number of nitrogens with one attached hydrogen (secondary N) is 2. The normalized spacial score (nSPS) is 10.6. The molecule has 2 aromatic carbocycles. The summed E-state index contributed by atoms with van der Waals surface area (Å²) in [6.45, 7) is 3.91. The van der Waals surface area contributed by atoms with Gasteiger partial charge in [0.2, 0.25) is 0 Å². The lowest BCUT2D eigenvalue weighted by molar-refractivity contribution is 0.102. The number of rotatable bonds is 5. The van der Waals surface area contributed by atoms with Crippen molar-refractivity contribution in [1.82, 2.24) is 4.98 Å². The van der Waals surface area contributed by atoms with E-state index in [1.807, 2.05) is 44.2 Å². The standard InChI is InChI=1S/C21H20N2O3/c1-14(2)26-18-10-8-17(9-11-18)23-20(24)16-12-19(21(25)22-13-16)15-6-4-3-5-7-15/h3-14H,1-2H3,(H,22,25)(H,23,24). The average molecular weight is 348 g/mol. The molecule has 0 aliphatic rings. The van der Waals surface area contributed by atoms with Gasteiger partial charge in [0, 0.05) is 17.4 Å². The molecule has 26 heavy (non-hydrogen) atoms. The van der Waals surface area contributed by atoms with Crippen LogP contribution < -0.4 is 15.6 Å². The summed E-state index contributed by atoms with van der Waals surface area (Å²) in [5, 5.41) is 2.82. The maximum absolute atomic E-state index is 12.5. The molecule has 0 aliphatic carbocycles. The van der Waals surface area contributed by atoms with Gasteiger partial charge in [0.1, 0.15) is 5.75 Å². The van der Waals surface area contributed by atoms with Gasteiger partial charge in [-0.3, -0.25) is 9.59 Å². The first kappa shape index (κ1) is 17.5. The van der Waals surface area contributed by atoms with Gasteiger partial charge in [-0.25, -0.2) is 0 Å². The predicted octanol–water partition coefficient (Wildman–Crippen LogP) is 4.08. The Labute approximate surface area is 151 Å². The van der Waals surface area contributed by atoms with Crippen molar-refractivity contribution in [3.63, 3.8) is 0 Å². The number of benzene rings is 2. The van der Waals surface area contributed by atoms with Crippen molar-refractivity contribution >= 4 is 11.6 Å². The summed E-state index contributed by atoms with van der Waals surface area (Å²) in [6.07, 6.45) is 1.51. The molecule has 1 heterocycles. The van der Waals surface area contributed by atoms with E-state index in [2.05, 4.69) is 10.3 Å². The van der Waals surface area contributed by atoms with Gasteiger partial charge in [0.15, 0.2) is 0 Å². The molecule has 0 fully saturated rings. The van der Waals surface area contributed by atoms with Gasteiger partial charge >= 0.3 is 0 Å². The Morgan fingerprint density at radius 3 is 2.38 bits per heavy atom. The third-order valence-corrected chi connectivity index (χ3v) is 3.73. The summed E-state index contributed by atoms with van der Waals surface area (Å²) >= 11 is 0. The summed E-state index contributed by atoms with van der Waals surface area (Å²) < 4.78 is 5.58. The lowest BCUT2D eigenvalue weighted by atomic mass is 10.1. The summed E-state index contributed by atoms with van der Waals surface area (Å²) in [5.74, 6) is 0.448. The van der Waals surface area contributed by atoms with Crippen LogP contribution in [0, 0.1) is 0 Å². The molecular formula is C21H20N2O3. The number of hydrogen-bond acceptors (Lipinski definition) is 3. The molecular weight excluding hydrogens is 328 g/mol. The number of amides is 1. The van der Waals surface area contributed by atoms with Gasteiger partial charge in [-0.2, -0.15) is 0 Å². The molecule has 0 saturated carbocycles. The number of carbonyl (C=O) groups is 1. The van der Waals surface area contributed by atoms with Crippen LogP contribution in [0.25, 0.3) is 11.1 Å². The molecule has 0 unspecified atom stereocenters. The van der Waals surface area contributed by atoms with Crippen LogP contribution in [-0.4, -0.2) is 17.0 Å². The van der Waals surface area contributed by atoms with Gasteiger partial charge in [-0.15, -0.1) is 0 Å². The minimum atomic E-state index is -0.295. The smallest absolute Gasteiger partial charge is 0.257 e. The molecule has 0 saturated heterocycles. The van der Waals surface area contributed by atoms with E-state index in [0.717, 1.165) is 11.3 Å². The van der Waals surface area contributed by atoms with E-state index in [-0.39, 0.29) is 17.6 Å². The number of pyridine rings is 1. The van der Waals surface area contributed by atoms with E-state index >= 15 is 0 Å². The number of H-pyrrole nitrogens is 1. The number of carbonyl (C=O) groups excluding carboxylic acids is 1. The highest BCUT2D eigenvalue weighted by molar-refractivity contribution is 6.04. The van der Waals surface area contributed by atoms with Crippen LogP contribution in [0.4, 0.5) is 5.69 Å². The fourth-order valence-electron chi connectivity index (χ4n) is 2.54. The molecule has 1 amide bonds. The van der Waals surface area contributed by atoms with Crippen molar-refractivity contribution < 1.29 is 9.53 Å². The van der Waals surface area contributed by atoms with Crippen LogP contribution in [0.2, 0.25) is 0 Å². The monoisotopic (exact) mass is 348 g/mol. The average Bonchev–Trinajstić information content (AvgIpc) is 2.64. The Kier molecular flexibility index (Phi) is 5.17. The SMILES string of the molecule is CC(C)Oc1ccc(NC(=O)c2c[nH]c(=O)c(-c3ccccc3)c2)cc1. The summed E-state index contributed by atoms with van der Waals surface area (Å²) in [6, 6.07) is 18.0. The van der Waals surface area contributed by atoms with Gasteiger partial charge in [0.25, 0.3) is 11.5 Å². The molecule has 1 aromatic heterocycles. The lowest BCUT2D eigenvalue weighted by Crippen LogP contribution is -2.16. The molecule has 0 bridgehead atoms. The number of anilines is 1. The largest absolute Gasteiger partial charge is 0.491 e. The predicted molar refractivity (Wildman–Crippen MR) is 103 cm³/mol. The fraction of sp³-hybridized carbons (Fsp3) is 0.143. The molecule has 5 nitrogen and oxygen atoms in total. The lowest BCUT2D eigenvalue weighted by Gasteiger charge is -2.11. The number of aromatic nitrogens is 1. The molecule has 132 valence electrons. The second-order valence-corrected chi connectivity index (χ2v) is 6.14. The first-order chi connectivity index (χ1) is 12.5. The van der Waals surface area contributed by atoms with E-state index < -0.39 is 0 Å². The Hall–Kier alpha value is -3.34. The third kappa shape index (κ3) is 4.19. The number of ether oxygens (including phenoxy) is 1. The van der Waals surface area contributed by atoms with E-state index in [1.54, 1.807) is 30.3 Å². The summed E-state index contributed by atoms with van der Waals surface area (Å²) in [7, 11) is 0. The van der Waals surface area contributed by atoms with Crippen molar-refractivity contribution in [3.05, 3.63) is 82.8 Å². The highest BCUT2D eigenvalue weighted by Crippen LogP contribution is 2.19. The minimum absolute atomic E-state index is 0.0907. The Balaban J connectivity index is 1.79. The van der Waals surface area contributed by atoms with Gasteiger partial charge in [0.05, 0.1) is 11.7 Å². The van der Waals surface area contributed by atoms with Crippen molar-refractivity contribution in [2.45, 2.75) is 20.0 Å². The topological polar surface area (TPSA) is 71.2 Å². The molecule has 0 spiro atoms. The van der Waals surface area contributed by atoms with E-state index in [1.165, 1.54) is 6.20 Å². The molecule has 3 rings (SSSR count). The van der Waals surface area contributed by atoms with E-state index in [0.29, 0.717) is 16.8 Å². The number of aromatic amines is 1. The minimum Gasteiger partial charge on any atom is -0.491 e. The molecule has 2 N–H and O–H groups in total. The van der Waals surface area contributed by atoms with Crippen molar-refractivity contribution in [1.29, 1.82) is 0 Å².